The van der Waals surface area contributed by atoms with E-state index in [0.717, 1.165) is 17.5 Å². The van der Waals surface area contributed by atoms with Crippen molar-refractivity contribution in [3.05, 3.63) is 95.6 Å². The second kappa shape index (κ2) is 10.7. The van der Waals surface area contributed by atoms with E-state index in [1.807, 2.05) is 78.9 Å². The standard InChI is InChI=1S/C24H24N2O3/c1-2-19-12-14-22(15-13-19)28-18-24(27)26-25-16-21-10-6-7-11-23(21)29-17-20-8-4-3-5-9-20/h3-16H,2,17-18H2,1H3,(H,26,27)/b25-16+. The molecule has 0 atom stereocenters. The van der Waals surface area contributed by atoms with Gasteiger partial charge in [0.1, 0.15) is 18.1 Å². The first-order valence-electron chi connectivity index (χ1n) is 9.54. The summed E-state index contributed by atoms with van der Waals surface area (Å²) in [5, 5.41) is 4.01. The number of hydrogen-bond acceptors (Lipinski definition) is 4. The Hall–Kier alpha value is -3.60. The predicted molar refractivity (Wildman–Crippen MR) is 114 cm³/mol. The molecule has 0 saturated carbocycles. The Morgan fingerprint density at radius 3 is 2.38 bits per heavy atom. The van der Waals surface area contributed by atoms with Crippen LogP contribution in [0.25, 0.3) is 0 Å². The van der Waals surface area contributed by atoms with E-state index in [0.29, 0.717) is 18.1 Å². The third-order valence-electron chi connectivity index (χ3n) is 4.25. The molecule has 1 N–H and O–H groups in total. The monoisotopic (exact) mass is 388 g/mol. The number of carbonyl (C=O) groups excluding carboxylic acids is 1. The van der Waals surface area contributed by atoms with Gasteiger partial charge >= 0.3 is 0 Å². The van der Waals surface area contributed by atoms with Crippen LogP contribution in [0.5, 0.6) is 11.5 Å². The molecule has 3 aromatic rings. The third kappa shape index (κ3) is 6.50. The summed E-state index contributed by atoms with van der Waals surface area (Å²) in [6, 6.07) is 25.1. The van der Waals surface area contributed by atoms with Crippen molar-refractivity contribution >= 4 is 12.1 Å². The highest BCUT2D eigenvalue weighted by Crippen LogP contribution is 2.17. The van der Waals surface area contributed by atoms with E-state index in [2.05, 4.69) is 17.5 Å². The molecule has 148 valence electrons. The maximum absolute atomic E-state index is 11.9. The van der Waals surface area contributed by atoms with Crippen molar-refractivity contribution in [3.63, 3.8) is 0 Å². The first kappa shape index (κ1) is 20.1. The van der Waals surface area contributed by atoms with Crippen molar-refractivity contribution in [2.45, 2.75) is 20.0 Å². The van der Waals surface area contributed by atoms with Crippen LogP contribution >= 0.6 is 0 Å². The molecule has 3 rings (SSSR count). The van der Waals surface area contributed by atoms with Gasteiger partial charge in [-0.2, -0.15) is 5.10 Å². The lowest BCUT2D eigenvalue weighted by molar-refractivity contribution is -0.123. The molecule has 5 heteroatoms. The molecule has 0 aliphatic rings. The van der Waals surface area contributed by atoms with E-state index >= 15 is 0 Å². The van der Waals surface area contributed by atoms with Gasteiger partial charge in [-0.15, -0.1) is 0 Å². The average Bonchev–Trinajstić information content (AvgIpc) is 2.78. The van der Waals surface area contributed by atoms with Gasteiger partial charge in [-0.05, 0) is 41.8 Å². The average molecular weight is 388 g/mol. The van der Waals surface area contributed by atoms with Gasteiger partial charge in [-0.25, -0.2) is 5.43 Å². The summed E-state index contributed by atoms with van der Waals surface area (Å²) in [5.74, 6) is 1.02. The second-order valence-corrected chi connectivity index (χ2v) is 6.39. The van der Waals surface area contributed by atoms with Gasteiger partial charge in [0.2, 0.25) is 0 Å². The topological polar surface area (TPSA) is 59.9 Å². The van der Waals surface area contributed by atoms with Crippen LogP contribution in [0.15, 0.2) is 84.0 Å². The summed E-state index contributed by atoms with van der Waals surface area (Å²) in [7, 11) is 0. The number of benzene rings is 3. The summed E-state index contributed by atoms with van der Waals surface area (Å²) >= 11 is 0. The van der Waals surface area contributed by atoms with Crippen molar-refractivity contribution in [3.8, 4) is 11.5 Å². The van der Waals surface area contributed by atoms with Crippen molar-refractivity contribution < 1.29 is 14.3 Å². The van der Waals surface area contributed by atoms with E-state index in [4.69, 9.17) is 9.47 Å². The molecule has 0 fully saturated rings. The number of nitrogens with zero attached hydrogens (tertiary/aromatic N) is 1. The zero-order valence-electron chi connectivity index (χ0n) is 16.4. The van der Waals surface area contributed by atoms with Gasteiger partial charge in [0, 0.05) is 5.56 Å². The van der Waals surface area contributed by atoms with Crippen LogP contribution in [0.3, 0.4) is 0 Å². The first-order chi connectivity index (χ1) is 14.2. The minimum atomic E-state index is -0.330. The molecule has 0 aromatic heterocycles. The number of ether oxygens (including phenoxy) is 2. The quantitative estimate of drug-likeness (QED) is 0.438. The normalized spacial score (nSPS) is 10.7. The zero-order valence-corrected chi connectivity index (χ0v) is 16.4. The number of nitrogens with one attached hydrogen (secondary N) is 1. The SMILES string of the molecule is CCc1ccc(OCC(=O)N/N=C/c2ccccc2OCc2ccccc2)cc1. The lowest BCUT2D eigenvalue weighted by Crippen LogP contribution is -2.24. The molecule has 0 unspecified atom stereocenters. The Morgan fingerprint density at radius 1 is 0.897 bits per heavy atom. The van der Waals surface area contributed by atoms with Gasteiger partial charge in [-0.1, -0.05) is 61.5 Å². The molecular formula is C24H24N2O3. The van der Waals surface area contributed by atoms with E-state index in [1.165, 1.54) is 5.56 Å². The lowest BCUT2D eigenvalue weighted by atomic mass is 10.2. The van der Waals surface area contributed by atoms with Crippen molar-refractivity contribution in [1.29, 1.82) is 0 Å². The molecule has 5 nitrogen and oxygen atoms in total. The Labute approximate surface area is 171 Å². The van der Waals surface area contributed by atoms with Crippen molar-refractivity contribution in [2.75, 3.05) is 6.61 Å². The van der Waals surface area contributed by atoms with E-state index in [-0.39, 0.29) is 12.5 Å². The molecule has 0 aliphatic carbocycles. The van der Waals surface area contributed by atoms with Crippen LogP contribution < -0.4 is 14.9 Å². The molecule has 0 heterocycles. The highest BCUT2D eigenvalue weighted by atomic mass is 16.5. The highest BCUT2D eigenvalue weighted by molar-refractivity contribution is 5.85. The number of aryl methyl sites for hydroxylation is 1. The van der Waals surface area contributed by atoms with Gasteiger partial charge in [0.05, 0.1) is 6.21 Å². The van der Waals surface area contributed by atoms with Gasteiger partial charge in [0.15, 0.2) is 6.61 Å². The summed E-state index contributed by atoms with van der Waals surface area (Å²) in [5.41, 5.74) is 5.55. The number of hydrogen-bond donors (Lipinski definition) is 1. The zero-order chi connectivity index (χ0) is 20.3. The van der Waals surface area contributed by atoms with Crippen molar-refractivity contribution in [1.82, 2.24) is 5.43 Å². The molecule has 1 amide bonds. The Morgan fingerprint density at radius 2 is 1.62 bits per heavy atom. The molecule has 0 saturated heterocycles. The predicted octanol–water partition coefficient (Wildman–Crippen LogP) is 4.36. The van der Waals surface area contributed by atoms with Crippen LogP contribution in [0.1, 0.15) is 23.6 Å². The maximum Gasteiger partial charge on any atom is 0.277 e. The molecule has 3 aromatic carbocycles. The number of rotatable bonds is 9. The summed E-state index contributed by atoms with van der Waals surface area (Å²) in [6.07, 6.45) is 2.53. The number of hydrazone groups is 1. The Bertz CT molecular complexity index is 938. The van der Waals surface area contributed by atoms with E-state index in [9.17, 15) is 4.79 Å². The fraction of sp³-hybridized carbons (Fsp3) is 0.167. The molecule has 0 radical (unpaired) electrons. The molecule has 29 heavy (non-hydrogen) atoms. The smallest absolute Gasteiger partial charge is 0.277 e. The number of amides is 1. The molecule has 0 spiro atoms. The number of carbonyl (C=O) groups is 1. The van der Waals surface area contributed by atoms with Gasteiger partial charge in [0.25, 0.3) is 5.91 Å². The first-order valence-corrected chi connectivity index (χ1v) is 9.54. The molecule has 0 bridgehead atoms. The van der Waals surface area contributed by atoms with E-state index < -0.39 is 0 Å². The Balaban J connectivity index is 1.49. The summed E-state index contributed by atoms with van der Waals surface area (Å²) in [4.78, 5) is 11.9. The number of para-hydroxylation sites is 1. The van der Waals surface area contributed by atoms with Crippen LogP contribution in [0, 0.1) is 0 Å². The van der Waals surface area contributed by atoms with E-state index in [1.54, 1.807) is 6.21 Å². The summed E-state index contributed by atoms with van der Waals surface area (Å²) in [6.45, 7) is 2.45. The van der Waals surface area contributed by atoms with Crippen molar-refractivity contribution in [2.24, 2.45) is 5.10 Å². The third-order valence-corrected chi connectivity index (χ3v) is 4.25. The second-order valence-electron chi connectivity index (χ2n) is 6.39. The fourth-order valence-electron chi connectivity index (χ4n) is 2.63. The van der Waals surface area contributed by atoms with Crippen LogP contribution in [0.2, 0.25) is 0 Å². The molecular weight excluding hydrogens is 364 g/mol. The largest absolute Gasteiger partial charge is 0.488 e. The fourth-order valence-corrected chi connectivity index (χ4v) is 2.63. The van der Waals surface area contributed by atoms with Gasteiger partial charge < -0.3 is 9.47 Å². The summed E-state index contributed by atoms with van der Waals surface area (Å²) < 4.78 is 11.3. The minimum absolute atomic E-state index is 0.102. The highest BCUT2D eigenvalue weighted by Gasteiger charge is 2.04. The van der Waals surface area contributed by atoms with Gasteiger partial charge in [-0.3, -0.25) is 4.79 Å². The van der Waals surface area contributed by atoms with Crippen LogP contribution in [0.4, 0.5) is 0 Å². The van der Waals surface area contributed by atoms with Crippen LogP contribution in [-0.4, -0.2) is 18.7 Å². The molecule has 0 aliphatic heterocycles. The minimum Gasteiger partial charge on any atom is -0.488 e. The lowest BCUT2D eigenvalue weighted by Gasteiger charge is -2.09. The Kier molecular flexibility index (Phi) is 7.41. The maximum atomic E-state index is 11.9. The van der Waals surface area contributed by atoms with Crippen LogP contribution in [-0.2, 0) is 17.8 Å².